The van der Waals surface area contributed by atoms with Gasteiger partial charge in [-0.15, -0.1) is 0 Å². The molecule has 0 radical (unpaired) electrons. The van der Waals surface area contributed by atoms with Crippen LogP contribution in [0.25, 0.3) is 0 Å². The van der Waals surface area contributed by atoms with Gasteiger partial charge in [-0.1, -0.05) is 30.3 Å². The Labute approximate surface area is 137 Å². The van der Waals surface area contributed by atoms with E-state index in [1.165, 1.54) is 19.3 Å². The molecule has 1 N–H and O–H groups in total. The van der Waals surface area contributed by atoms with Crippen molar-refractivity contribution in [3.63, 3.8) is 0 Å². The molecule has 1 aromatic heterocycles. The molecular weight excluding hydrogens is 286 g/mol. The highest BCUT2D eigenvalue weighted by Crippen LogP contribution is 2.19. The zero-order valence-corrected chi connectivity index (χ0v) is 13.5. The van der Waals surface area contributed by atoms with Crippen molar-refractivity contribution in [1.82, 2.24) is 10.3 Å². The molecule has 0 spiro atoms. The van der Waals surface area contributed by atoms with Crippen molar-refractivity contribution in [2.45, 2.75) is 32.2 Å². The van der Waals surface area contributed by atoms with E-state index in [1.807, 2.05) is 55.6 Å². The number of aromatic nitrogens is 1. The second-order valence-corrected chi connectivity index (χ2v) is 6.06. The summed E-state index contributed by atoms with van der Waals surface area (Å²) in [4.78, 5) is 19.0. The first-order valence-corrected chi connectivity index (χ1v) is 8.31. The highest BCUT2D eigenvalue weighted by atomic mass is 16.1. The Bertz CT molecular complexity index is 633. The maximum absolute atomic E-state index is 12.3. The van der Waals surface area contributed by atoms with E-state index in [2.05, 4.69) is 15.2 Å². The van der Waals surface area contributed by atoms with Crippen LogP contribution in [-0.2, 0) is 0 Å². The van der Waals surface area contributed by atoms with Gasteiger partial charge < -0.3 is 10.2 Å². The van der Waals surface area contributed by atoms with Gasteiger partial charge in [0.25, 0.3) is 5.91 Å². The van der Waals surface area contributed by atoms with Crippen LogP contribution in [0.5, 0.6) is 0 Å². The van der Waals surface area contributed by atoms with Crippen molar-refractivity contribution in [2.75, 3.05) is 18.0 Å². The van der Waals surface area contributed by atoms with Gasteiger partial charge in [0.2, 0.25) is 0 Å². The predicted octanol–water partition coefficient (Wildman–Crippen LogP) is 3.56. The van der Waals surface area contributed by atoms with Gasteiger partial charge in [0.15, 0.2) is 0 Å². The standard InChI is InChI=1S/C19H23N3O/c1-15(16-8-4-2-5-9-16)21-19(23)18-11-10-17(14-20-18)22-12-6-3-7-13-22/h2,4-5,8-11,14-15H,3,6-7,12-13H2,1H3,(H,21,23). The van der Waals surface area contributed by atoms with Crippen LogP contribution in [0.15, 0.2) is 48.7 Å². The van der Waals surface area contributed by atoms with Crippen molar-refractivity contribution in [3.8, 4) is 0 Å². The molecule has 1 aliphatic heterocycles. The molecule has 3 rings (SSSR count). The molecule has 23 heavy (non-hydrogen) atoms. The van der Waals surface area contributed by atoms with E-state index in [9.17, 15) is 4.79 Å². The lowest BCUT2D eigenvalue weighted by atomic mass is 10.1. The predicted molar refractivity (Wildman–Crippen MR) is 92.6 cm³/mol. The maximum atomic E-state index is 12.3. The van der Waals surface area contributed by atoms with Crippen LogP contribution >= 0.6 is 0 Å². The first-order valence-electron chi connectivity index (χ1n) is 8.31. The molecule has 1 fully saturated rings. The summed E-state index contributed by atoms with van der Waals surface area (Å²) in [6.07, 6.45) is 5.59. The van der Waals surface area contributed by atoms with Crippen LogP contribution in [0.1, 0.15) is 48.3 Å². The largest absolute Gasteiger partial charge is 0.370 e. The third-order valence-electron chi connectivity index (χ3n) is 4.35. The van der Waals surface area contributed by atoms with Gasteiger partial charge in [-0.25, -0.2) is 4.98 Å². The smallest absolute Gasteiger partial charge is 0.270 e. The fourth-order valence-electron chi connectivity index (χ4n) is 2.96. The lowest BCUT2D eigenvalue weighted by Crippen LogP contribution is -2.30. The van der Waals surface area contributed by atoms with Gasteiger partial charge in [0, 0.05) is 13.1 Å². The number of anilines is 1. The summed E-state index contributed by atoms with van der Waals surface area (Å²) in [7, 11) is 0. The number of pyridine rings is 1. The summed E-state index contributed by atoms with van der Waals surface area (Å²) in [5, 5.41) is 3.00. The molecule has 0 saturated carbocycles. The second kappa shape index (κ2) is 7.27. The summed E-state index contributed by atoms with van der Waals surface area (Å²) in [6, 6.07) is 13.7. The van der Waals surface area contributed by atoms with E-state index in [-0.39, 0.29) is 11.9 Å². The number of carbonyl (C=O) groups excluding carboxylic acids is 1. The lowest BCUT2D eigenvalue weighted by Gasteiger charge is -2.28. The number of carbonyl (C=O) groups is 1. The van der Waals surface area contributed by atoms with Gasteiger partial charge in [0.05, 0.1) is 17.9 Å². The second-order valence-electron chi connectivity index (χ2n) is 6.06. The zero-order chi connectivity index (χ0) is 16.1. The topological polar surface area (TPSA) is 45.2 Å². The van der Waals surface area contributed by atoms with Crippen molar-refractivity contribution in [2.24, 2.45) is 0 Å². The number of hydrogen-bond donors (Lipinski definition) is 1. The van der Waals surface area contributed by atoms with Crippen molar-refractivity contribution in [1.29, 1.82) is 0 Å². The molecule has 2 aromatic rings. The number of amides is 1. The minimum absolute atomic E-state index is 0.0349. The summed E-state index contributed by atoms with van der Waals surface area (Å²) in [5.74, 6) is -0.133. The van der Waals surface area contributed by atoms with Gasteiger partial charge in [-0.3, -0.25) is 4.79 Å². The summed E-state index contributed by atoms with van der Waals surface area (Å²) < 4.78 is 0. The van der Waals surface area contributed by atoms with Crippen LogP contribution in [0.3, 0.4) is 0 Å². The molecule has 1 aliphatic rings. The molecule has 0 bridgehead atoms. The third kappa shape index (κ3) is 3.89. The summed E-state index contributed by atoms with van der Waals surface area (Å²) >= 11 is 0. The third-order valence-corrected chi connectivity index (χ3v) is 4.35. The lowest BCUT2D eigenvalue weighted by molar-refractivity contribution is 0.0935. The maximum Gasteiger partial charge on any atom is 0.270 e. The zero-order valence-electron chi connectivity index (χ0n) is 13.5. The van der Waals surface area contributed by atoms with Crippen molar-refractivity contribution < 1.29 is 4.79 Å². The summed E-state index contributed by atoms with van der Waals surface area (Å²) in [6.45, 7) is 4.14. The van der Waals surface area contributed by atoms with Crippen LogP contribution in [-0.4, -0.2) is 24.0 Å². The molecule has 2 heterocycles. The molecule has 0 aliphatic carbocycles. The van der Waals surface area contributed by atoms with E-state index < -0.39 is 0 Å². The van der Waals surface area contributed by atoms with Gasteiger partial charge in [-0.2, -0.15) is 0 Å². The average Bonchev–Trinajstić information content (AvgIpc) is 2.63. The molecule has 4 nitrogen and oxygen atoms in total. The minimum atomic E-state index is -0.133. The molecule has 1 saturated heterocycles. The van der Waals surface area contributed by atoms with E-state index in [0.29, 0.717) is 5.69 Å². The molecule has 120 valence electrons. The molecule has 1 unspecified atom stereocenters. The Hall–Kier alpha value is -2.36. The quantitative estimate of drug-likeness (QED) is 0.939. The fourth-order valence-corrected chi connectivity index (χ4v) is 2.96. The fraction of sp³-hybridized carbons (Fsp3) is 0.368. The van der Waals surface area contributed by atoms with Crippen LogP contribution < -0.4 is 10.2 Å². The normalized spacial score (nSPS) is 16.0. The van der Waals surface area contributed by atoms with E-state index in [0.717, 1.165) is 24.3 Å². The molecule has 1 aromatic carbocycles. The summed E-state index contributed by atoms with van der Waals surface area (Å²) in [5.41, 5.74) is 2.66. The number of nitrogens with zero attached hydrogens (tertiary/aromatic N) is 2. The number of piperidine rings is 1. The van der Waals surface area contributed by atoms with E-state index >= 15 is 0 Å². The SMILES string of the molecule is CC(NC(=O)c1ccc(N2CCCCC2)cn1)c1ccccc1. The minimum Gasteiger partial charge on any atom is -0.370 e. The van der Waals surface area contributed by atoms with E-state index in [4.69, 9.17) is 0 Å². The van der Waals surface area contributed by atoms with Gasteiger partial charge in [0.1, 0.15) is 5.69 Å². The van der Waals surface area contributed by atoms with Crippen LogP contribution in [0.4, 0.5) is 5.69 Å². The number of benzene rings is 1. The Balaban J connectivity index is 1.63. The van der Waals surface area contributed by atoms with Crippen LogP contribution in [0.2, 0.25) is 0 Å². The Morgan fingerprint density at radius 2 is 1.83 bits per heavy atom. The van der Waals surface area contributed by atoms with Crippen LogP contribution in [0, 0.1) is 0 Å². The molecule has 1 amide bonds. The Morgan fingerprint density at radius 3 is 2.48 bits per heavy atom. The van der Waals surface area contributed by atoms with Crippen molar-refractivity contribution >= 4 is 11.6 Å². The Morgan fingerprint density at radius 1 is 1.09 bits per heavy atom. The molecular formula is C19H23N3O. The number of nitrogens with one attached hydrogen (secondary N) is 1. The van der Waals surface area contributed by atoms with E-state index in [1.54, 1.807) is 0 Å². The van der Waals surface area contributed by atoms with Crippen molar-refractivity contribution in [3.05, 3.63) is 59.9 Å². The first-order chi connectivity index (χ1) is 11.2. The highest BCUT2D eigenvalue weighted by molar-refractivity contribution is 5.92. The first kappa shape index (κ1) is 15.5. The van der Waals surface area contributed by atoms with Gasteiger partial charge in [-0.05, 0) is 43.9 Å². The highest BCUT2D eigenvalue weighted by Gasteiger charge is 2.14. The molecule has 4 heteroatoms. The number of hydrogen-bond acceptors (Lipinski definition) is 3. The average molecular weight is 309 g/mol. The van der Waals surface area contributed by atoms with Gasteiger partial charge >= 0.3 is 0 Å². The Kier molecular flexibility index (Phi) is 4.91. The molecule has 1 atom stereocenters. The number of rotatable bonds is 4. The monoisotopic (exact) mass is 309 g/mol.